The van der Waals surface area contributed by atoms with Crippen molar-refractivity contribution in [1.29, 1.82) is 0 Å². The van der Waals surface area contributed by atoms with E-state index in [2.05, 4.69) is 15.0 Å². The topological polar surface area (TPSA) is 103 Å². The van der Waals surface area contributed by atoms with Gasteiger partial charge >= 0.3 is 5.97 Å². The van der Waals surface area contributed by atoms with Crippen LogP contribution in [0, 0.1) is 17.6 Å². The first kappa shape index (κ1) is 23.7. The molecule has 2 heterocycles. The Morgan fingerprint density at radius 1 is 1.18 bits per heavy atom. The number of amides is 1. The molecule has 0 aliphatic rings. The largest absolute Gasteiger partial charge is 0.494 e. The number of para-hydroxylation sites is 1. The minimum atomic E-state index is -0.903. The van der Waals surface area contributed by atoms with Crippen LogP contribution in [0.25, 0.3) is 0 Å². The molecule has 0 radical (unpaired) electrons. The Morgan fingerprint density at radius 2 is 1.88 bits per heavy atom. The van der Waals surface area contributed by atoms with Crippen molar-refractivity contribution in [3.63, 3.8) is 0 Å². The van der Waals surface area contributed by atoms with Gasteiger partial charge in [-0.2, -0.15) is 0 Å². The maximum absolute atomic E-state index is 13.9. The van der Waals surface area contributed by atoms with E-state index in [0.29, 0.717) is 6.42 Å². The summed E-state index contributed by atoms with van der Waals surface area (Å²) >= 11 is 0. The molecule has 0 aliphatic heterocycles. The molecule has 3 rings (SSSR count). The van der Waals surface area contributed by atoms with Crippen molar-refractivity contribution in [1.82, 2.24) is 9.55 Å². The van der Waals surface area contributed by atoms with Gasteiger partial charge in [0.1, 0.15) is 17.6 Å². The van der Waals surface area contributed by atoms with Crippen molar-refractivity contribution < 1.29 is 33.0 Å². The van der Waals surface area contributed by atoms with Gasteiger partial charge in [0.2, 0.25) is 5.91 Å². The van der Waals surface area contributed by atoms with E-state index in [1.807, 2.05) is 13.8 Å². The number of aromatic hydroxyl groups is 1. The van der Waals surface area contributed by atoms with Crippen LogP contribution in [0.3, 0.4) is 0 Å². The van der Waals surface area contributed by atoms with Crippen LogP contribution >= 0.6 is 0 Å². The predicted octanol–water partition coefficient (Wildman–Crippen LogP) is 4.67. The molecular weight excluding hydrogens is 436 g/mol. The first-order valence-corrected chi connectivity index (χ1v) is 10.1. The zero-order valence-corrected chi connectivity index (χ0v) is 18.2. The molecule has 8 nitrogen and oxygen atoms in total. The number of ether oxygens (including phenoxy) is 2. The van der Waals surface area contributed by atoms with Gasteiger partial charge < -0.3 is 24.5 Å². The van der Waals surface area contributed by atoms with E-state index in [1.165, 1.54) is 42.3 Å². The third-order valence-electron chi connectivity index (χ3n) is 4.71. The quantitative estimate of drug-likeness (QED) is 0.475. The summed E-state index contributed by atoms with van der Waals surface area (Å²) in [5.74, 6) is -3.58. The van der Waals surface area contributed by atoms with Crippen molar-refractivity contribution in [2.75, 3.05) is 12.4 Å². The molecule has 174 valence electrons. The summed E-state index contributed by atoms with van der Waals surface area (Å²) in [6.45, 7) is 3.80. The molecule has 0 bridgehead atoms. The molecule has 0 aliphatic carbocycles. The Morgan fingerprint density at radius 3 is 2.45 bits per heavy atom. The molecule has 2 aromatic heterocycles. The van der Waals surface area contributed by atoms with Crippen LogP contribution in [0.2, 0.25) is 0 Å². The highest BCUT2D eigenvalue weighted by molar-refractivity contribution is 5.94. The number of benzene rings is 1. The zero-order valence-electron chi connectivity index (χ0n) is 18.2. The fraction of sp³-hybridized carbons (Fsp3) is 0.261. The third-order valence-corrected chi connectivity index (χ3v) is 4.71. The number of halogens is 2. The molecular formula is C23H23F2N3O5. The summed E-state index contributed by atoms with van der Waals surface area (Å²) < 4.78 is 39.0. The number of hydrogen-bond acceptors (Lipinski definition) is 6. The fourth-order valence-electron chi connectivity index (χ4n) is 3.15. The van der Waals surface area contributed by atoms with Gasteiger partial charge in [0, 0.05) is 12.3 Å². The highest BCUT2D eigenvalue weighted by atomic mass is 19.1. The minimum Gasteiger partial charge on any atom is -0.494 e. The van der Waals surface area contributed by atoms with Crippen LogP contribution < -0.4 is 10.1 Å². The molecule has 33 heavy (non-hydrogen) atoms. The maximum Gasteiger partial charge on any atom is 0.339 e. The van der Waals surface area contributed by atoms with Gasteiger partial charge in [-0.25, -0.2) is 18.6 Å². The van der Waals surface area contributed by atoms with Gasteiger partial charge in [-0.15, -0.1) is 0 Å². The van der Waals surface area contributed by atoms with E-state index in [9.17, 15) is 23.5 Å². The second kappa shape index (κ2) is 10.1. The van der Waals surface area contributed by atoms with Gasteiger partial charge in [-0.3, -0.25) is 4.79 Å². The van der Waals surface area contributed by atoms with Gasteiger partial charge in [0.05, 0.1) is 18.9 Å². The minimum absolute atomic E-state index is 0.0430. The number of hydrogen-bond donors (Lipinski definition) is 2. The first-order valence-electron chi connectivity index (χ1n) is 10.1. The summed E-state index contributed by atoms with van der Waals surface area (Å²) in [7, 11) is 1.25. The van der Waals surface area contributed by atoms with Crippen molar-refractivity contribution in [3.8, 4) is 17.4 Å². The van der Waals surface area contributed by atoms with Crippen LogP contribution in [-0.2, 0) is 9.53 Å². The number of rotatable bonds is 8. The number of pyridine rings is 1. The van der Waals surface area contributed by atoms with Gasteiger partial charge in [-0.05, 0) is 36.6 Å². The van der Waals surface area contributed by atoms with Crippen molar-refractivity contribution in [3.05, 3.63) is 66.0 Å². The van der Waals surface area contributed by atoms with Crippen LogP contribution in [-0.4, -0.2) is 33.6 Å². The number of aromatic nitrogens is 2. The Labute approximate surface area is 188 Å². The van der Waals surface area contributed by atoms with Crippen LogP contribution in [0.15, 0.2) is 48.8 Å². The lowest BCUT2D eigenvalue weighted by molar-refractivity contribution is -0.119. The molecule has 1 amide bonds. The molecule has 10 heteroatoms. The Hall–Kier alpha value is -3.95. The highest BCUT2D eigenvalue weighted by Gasteiger charge is 2.26. The SMILES string of the molecule is COC(=O)c1ccc(NC(=O)[C@H](CC(C)C)n2cc(Oc3c(F)cccc3F)cc2O)nc1. The lowest BCUT2D eigenvalue weighted by atomic mass is 10.0. The lowest BCUT2D eigenvalue weighted by Crippen LogP contribution is -2.27. The third kappa shape index (κ3) is 5.65. The Kier molecular flexibility index (Phi) is 7.27. The summed E-state index contributed by atoms with van der Waals surface area (Å²) in [5.41, 5.74) is 0.222. The van der Waals surface area contributed by atoms with Gasteiger partial charge in [0.15, 0.2) is 23.3 Å². The molecule has 0 unspecified atom stereocenters. The Balaban J connectivity index is 1.83. The van der Waals surface area contributed by atoms with E-state index in [1.54, 1.807) is 0 Å². The van der Waals surface area contributed by atoms with Crippen LogP contribution in [0.5, 0.6) is 17.4 Å². The number of carbonyl (C=O) groups excluding carboxylic acids is 2. The standard InChI is InChI=1S/C23H23F2N3O5/c1-13(2)9-18(22(30)27-19-8-7-14(11-26-19)23(31)32-3)28-12-15(10-20(28)29)33-21-16(24)5-4-6-17(21)25/h4-8,10-13,18,29H,9H2,1-3H3,(H,26,27,30)/t18-/m0/s1. The number of carbonyl (C=O) groups is 2. The van der Waals surface area contributed by atoms with Crippen LogP contribution in [0.1, 0.15) is 36.7 Å². The number of nitrogens with one attached hydrogen (secondary N) is 1. The first-order chi connectivity index (χ1) is 15.7. The van der Waals surface area contributed by atoms with E-state index >= 15 is 0 Å². The monoisotopic (exact) mass is 459 g/mol. The lowest BCUT2D eigenvalue weighted by Gasteiger charge is -2.21. The van der Waals surface area contributed by atoms with E-state index in [4.69, 9.17) is 4.74 Å². The van der Waals surface area contributed by atoms with Crippen LogP contribution in [0.4, 0.5) is 14.6 Å². The van der Waals surface area contributed by atoms with E-state index in [0.717, 1.165) is 18.2 Å². The second-order valence-electron chi connectivity index (χ2n) is 7.65. The summed E-state index contributed by atoms with van der Waals surface area (Å²) in [5, 5.41) is 13.1. The fourth-order valence-corrected chi connectivity index (χ4v) is 3.15. The smallest absolute Gasteiger partial charge is 0.339 e. The maximum atomic E-state index is 13.9. The van der Waals surface area contributed by atoms with Gasteiger partial charge in [0.25, 0.3) is 0 Å². The number of methoxy groups -OCH3 is 1. The molecule has 3 aromatic rings. The summed E-state index contributed by atoms with van der Waals surface area (Å²) in [4.78, 5) is 28.6. The van der Waals surface area contributed by atoms with E-state index < -0.39 is 35.3 Å². The zero-order chi connectivity index (χ0) is 24.1. The highest BCUT2D eigenvalue weighted by Crippen LogP contribution is 2.34. The van der Waals surface area contributed by atoms with Crippen molar-refractivity contribution in [2.24, 2.45) is 5.92 Å². The molecule has 0 saturated carbocycles. The number of anilines is 1. The summed E-state index contributed by atoms with van der Waals surface area (Å²) in [6, 6.07) is 6.47. The Bertz CT molecular complexity index is 1130. The van der Waals surface area contributed by atoms with Gasteiger partial charge in [-0.1, -0.05) is 19.9 Å². The number of nitrogens with zero attached hydrogens (tertiary/aromatic N) is 2. The molecule has 2 N–H and O–H groups in total. The normalized spacial score (nSPS) is 11.8. The molecule has 0 fully saturated rings. The second-order valence-corrected chi connectivity index (χ2v) is 7.65. The molecule has 1 atom stereocenters. The molecule has 1 aromatic carbocycles. The molecule has 0 saturated heterocycles. The van der Waals surface area contributed by atoms with E-state index in [-0.39, 0.29) is 28.9 Å². The average molecular weight is 459 g/mol. The average Bonchev–Trinajstić information content (AvgIpc) is 3.14. The summed E-state index contributed by atoms with van der Waals surface area (Å²) in [6.07, 6.45) is 2.89. The molecule has 0 spiro atoms. The van der Waals surface area contributed by atoms with Crippen molar-refractivity contribution >= 4 is 17.7 Å². The van der Waals surface area contributed by atoms with Crippen molar-refractivity contribution in [2.45, 2.75) is 26.3 Å². The predicted molar refractivity (Wildman–Crippen MR) is 115 cm³/mol. The number of esters is 1.